The smallest absolute Gasteiger partial charge is 0.122 e. The zero-order valence-corrected chi connectivity index (χ0v) is 11.1. The second-order valence-corrected chi connectivity index (χ2v) is 4.46. The maximum absolute atomic E-state index is 7.40. The molecule has 2 aromatic rings. The van der Waals surface area contributed by atoms with Gasteiger partial charge in [0, 0.05) is 24.3 Å². The molecule has 3 N–H and O–H groups in total. The van der Waals surface area contributed by atoms with Crippen molar-refractivity contribution in [2.45, 2.75) is 13.5 Å². The van der Waals surface area contributed by atoms with E-state index in [1.54, 1.807) is 0 Å². The van der Waals surface area contributed by atoms with Crippen molar-refractivity contribution in [3.05, 3.63) is 65.7 Å². The maximum Gasteiger partial charge on any atom is 0.122 e. The fraction of sp³-hybridized carbons (Fsp3) is 0.188. The van der Waals surface area contributed by atoms with Gasteiger partial charge in [0.15, 0.2) is 0 Å². The van der Waals surface area contributed by atoms with E-state index in [1.807, 2.05) is 30.3 Å². The van der Waals surface area contributed by atoms with Gasteiger partial charge >= 0.3 is 0 Å². The highest BCUT2D eigenvalue weighted by atomic mass is 15.1. The molecule has 0 atom stereocenters. The third-order valence-corrected chi connectivity index (χ3v) is 3.14. The molecule has 0 aliphatic heterocycles. The number of anilines is 1. The molecule has 0 amide bonds. The Hall–Kier alpha value is -2.29. The van der Waals surface area contributed by atoms with Crippen molar-refractivity contribution in [1.29, 1.82) is 5.41 Å². The molecular weight excluding hydrogens is 234 g/mol. The summed E-state index contributed by atoms with van der Waals surface area (Å²) in [6, 6.07) is 18.2. The first kappa shape index (κ1) is 13.1. The zero-order chi connectivity index (χ0) is 13.7. The van der Waals surface area contributed by atoms with E-state index in [1.165, 1.54) is 5.56 Å². The molecule has 19 heavy (non-hydrogen) atoms. The molecule has 0 spiro atoms. The van der Waals surface area contributed by atoms with Crippen molar-refractivity contribution in [2.24, 2.45) is 5.73 Å². The van der Waals surface area contributed by atoms with E-state index < -0.39 is 0 Å². The van der Waals surface area contributed by atoms with Crippen LogP contribution in [-0.2, 0) is 6.54 Å². The molecule has 0 aliphatic rings. The molecular formula is C16H19N3. The van der Waals surface area contributed by atoms with Crippen LogP contribution >= 0.6 is 0 Å². The largest absolute Gasteiger partial charge is 0.384 e. The molecule has 0 unspecified atom stereocenters. The molecule has 2 aromatic carbocycles. The molecule has 0 fully saturated rings. The van der Waals surface area contributed by atoms with E-state index in [4.69, 9.17) is 11.1 Å². The van der Waals surface area contributed by atoms with Crippen LogP contribution < -0.4 is 10.6 Å². The quantitative estimate of drug-likeness (QED) is 0.635. The molecule has 0 saturated heterocycles. The van der Waals surface area contributed by atoms with E-state index in [-0.39, 0.29) is 5.84 Å². The first-order valence-electron chi connectivity index (χ1n) is 6.44. The van der Waals surface area contributed by atoms with E-state index in [9.17, 15) is 0 Å². The summed E-state index contributed by atoms with van der Waals surface area (Å²) in [5, 5.41) is 7.40. The SMILES string of the molecule is CCN(Cc1ccccc1)c1ccc(C(=N)N)cc1. The van der Waals surface area contributed by atoms with Crippen molar-refractivity contribution in [1.82, 2.24) is 0 Å². The average Bonchev–Trinajstić information content (AvgIpc) is 2.46. The summed E-state index contributed by atoms with van der Waals surface area (Å²) in [4.78, 5) is 2.29. The Morgan fingerprint density at radius 2 is 1.68 bits per heavy atom. The molecule has 98 valence electrons. The molecule has 0 aliphatic carbocycles. The molecule has 3 heteroatoms. The minimum absolute atomic E-state index is 0.109. The van der Waals surface area contributed by atoms with Gasteiger partial charge in [0.1, 0.15) is 5.84 Å². The van der Waals surface area contributed by atoms with Crippen LogP contribution in [0.5, 0.6) is 0 Å². The van der Waals surface area contributed by atoms with Crippen LogP contribution in [-0.4, -0.2) is 12.4 Å². The molecule has 0 saturated carbocycles. The first-order chi connectivity index (χ1) is 9.20. The highest BCUT2D eigenvalue weighted by Gasteiger charge is 2.05. The predicted molar refractivity (Wildman–Crippen MR) is 80.6 cm³/mol. The highest BCUT2D eigenvalue weighted by molar-refractivity contribution is 5.95. The molecule has 0 heterocycles. The Labute approximate surface area is 114 Å². The first-order valence-corrected chi connectivity index (χ1v) is 6.44. The van der Waals surface area contributed by atoms with Crippen LogP contribution in [0.1, 0.15) is 18.1 Å². The summed E-state index contributed by atoms with van der Waals surface area (Å²) in [7, 11) is 0. The Morgan fingerprint density at radius 3 is 2.21 bits per heavy atom. The number of hydrogen-bond donors (Lipinski definition) is 2. The predicted octanol–water partition coefficient (Wildman–Crippen LogP) is 3.00. The fourth-order valence-electron chi connectivity index (χ4n) is 2.04. The van der Waals surface area contributed by atoms with E-state index in [0.29, 0.717) is 0 Å². The summed E-state index contributed by atoms with van der Waals surface area (Å²) < 4.78 is 0. The monoisotopic (exact) mass is 253 g/mol. The number of hydrogen-bond acceptors (Lipinski definition) is 2. The van der Waals surface area contributed by atoms with Crippen molar-refractivity contribution in [3.63, 3.8) is 0 Å². The normalized spacial score (nSPS) is 10.2. The van der Waals surface area contributed by atoms with E-state index >= 15 is 0 Å². The number of rotatable bonds is 5. The van der Waals surface area contributed by atoms with Gasteiger partial charge in [-0.1, -0.05) is 30.3 Å². The van der Waals surface area contributed by atoms with Crippen molar-refractivity contribution < 1.29 is 0 Å². The van der Waals surface area contributed by atoms with Gasteiger partial charge in [0.25, 0.3) is 0 Å². The number of nitrogens with one attached hydrogen (secondary N) is 1. The van der Waals surface area contributed by atoms with Gasteiger partial charge in [-0.05, 0) is 36.8 Å². The molecule has 0 radical (unpaired) electrons. The lowest BCUT2D eigenvalue weighted by molar-refractivity contribution is 0.832. The van der Waals surface area contributed by atoms with Crippen LogP contribution in [0.3, 0.4) is 0 Å². The third kappa shape index (κ3) is 3.35. The van der Waals surface area contributed by atoms with Crippen LogP contribution in [0.25, 0.3) is 0 Å². The number of nitrogens with zero attached hydrogens (tertiary/aromatic N) is 1. The minimum Gasteiger partial charge on any atom is -0.384 e. The standard InChI is InChI=1S/C16H19N3/c1-2-19(12-13-6-4-3-5-7-13)15-10-8-14(9-11-15)16(17)18/h3-11H,2,12H2,1H3,(H3,17,18). The zero-order valence-electron chi connectivity index (χ0n) is 11.1. The van der Waals surface area contributed by atoms with Gasteiger partial charge in [-0.2, -0.15) is 0 Å². The summed E-state index contributed by atoms with van der Waals surface area (Å²) in [5.41, 5.74) is 8.67. The number of amidine groups is 1. The number of benzene rings is 2. The second-order valence-electron chi connectivity index (χ2n) is 4.46. The van der Waals surface area contributed by atoms with Gasteiger partial charge in [-0.15, -0.1) is 0 Å². The maximum atomic E-state index is 7.40. The van der Waals surface area contributed by atoms with E-state index in [0.717, 1.165) is 24.3 Å². The summed E-state index contributed by atoms with van der Waals surface area (Å²) in [6.45, 7) is 3.97. The van der Waals surface area contributed by atoms with Crippen LogP contribution in [0.4, 0.5) is 5.69 Å². The molecule has 0 bridgehead atoms. The molecule has 2 rings (SSSR count). The van der Waals surface area contributed by atoms with Crippen molar-refractivity contribution in [2.75, 3.05) is 11.4 Å². The van der Waals surface area contributed by atoms with Crippen LogP contribution in [0.2, 0.25) is 0 Å². The van der Waals surface area contributed by atoms with Gasteiger partial charge in [-0.25, -0.2) is 0 Å². The number of nitrogen functional groups attached to an aromatic ring is 1. The summed E-state index contributed by atoms with van der Waals surface area (Å²) >= 11 is 0. The summed E-state index contributed by atoms with van der Waals surface area (Å²) in [5.74, 6) is 0.109. The third-order valence-electron chi connectivity index (χ3n) is 3.14. The van der Waals surface area contributed by atoms with Gasteiger partial charge in [0.2, 0.25) is 0 Å². The van der Waals surface area contributed by atoms with Crippen molar-refractivity contribution in [3.8, 4) is 0 Å². The Balaban J connectivity index is 2.15. The lowest BCUT2D eigenvalue weighted by Gasteiger charge is -2.23. The minimum atomic E-state index is 0.109. The lowest BCUT2D eigenvalue weighted by Crippen LogP contribution is -2.22. The van der Waals surface area contributed by atoms with Gasteiger partial charge in [-0.3, -0.25) is 5.41 Å². The second kappa shape index (κ2) is 6.05. The Bertz CT molecular complexity index is 532. The van der Waals surface area contributed by atoms with Crippen LogP contribution in [0, 0.1) is 5.41 Å². The average molecular weight is 253 g/mol. The topological polar surface area (TPSA) is 53.1 Å². The Morgan fingerprint density at radius 1 is 1.05 bits per heavy atom. The molecule has 3 nitrogen and oxygen atoms in total. The lowest BCUT2D eigenvalue weighted by atomic mass is 10.1. The van der Waals surface area contributed by atoms with Gasteiger partial charge in [0.05, 0.1) is 0 Å². The Kier molecular flexibility index (Phi) is 4.18. The van der Waals surface area contributed by atoms with Crippen LogP contribution in [0.15, 0.2) is 54.6 Å². The van der Waals surface area contributed by atoms with E-state index in [2.05, 4.69) is 36.1 Å². The van der Waals surface area contributed by atoms with Gasteiger partial charge < -0.3 is 10.6 Å². The highest BCUT2D eigenvalue weighted by Crippen LogP contribution is 2.17. The fourth-order valence-corrected chi connectivity index (χ4v) is 2.04. The van der Waals surface area contributed by atoms with Crippen molar-refractivity contribution >= 4 is 11.5 Å². The summed E-state index contributed by atoms with van der Waals surface area (Å²) in [6.07, 6.45) is 0. The number of nitrogens with two attached hydrogens (primary N) is 1. The molecule has 0 aromatic heterocycles.